The highest BCUT2D eigenvalue weighted by Crippen LogP contribution is 2.34. The number of rotatable bonds is 8. The van der Waals surface area contributed by atoms with E-state index in [1.54, 1.807) is 16.2 Å². The number of aliphatic imine (C=N–C) groups is 2. The Morgan fingerprint density at radius 3 is 2.76 bits per heavy atom. The summed E-state index contributed by atoms with van der Waals surface area (Å²) in [6.45, 7) is 4.37. The Bertz CT molecular complexity index is 1110. The predicted octanol–water partition coefficient (Wildman–Crippen LogP) is 3.06. The number of amidine groups is 2. The Morgan fingerprint density at radius 2 is 2.00 bits per heavy atom. The number of nitrogens with one attached hydrogen (secondary N) is 2. The van der Waals surface area contributed by atoms with E-state index in [9.17, 15) is 14.4 Å². The molecule has 1 aromatic carbocycles. The summed E-state index contributed by atoms with van der Waals surface area (Å²) < 4.78 is 0. The minimum atomic E-state index is -0.791. The molecule has 10 heteroatoms. The molecule has 3 amide bonds. The Balaban J connectivity index is 1.51. The minimum absolute atomic E-state index is 0.0436. The maximum atomic E-state index is 12.8. The molecule has 172 valence electrons. The van der Waals surface area contributed by atoms with Crippen molar-refractivity contribution >= 4 is 57.5 Å². The molecule has 8 nitrogen and oxygen atoms in total. The first-order valence-electron chi connectivity index (χ1n) is 10.8. The van der Waals surface area contributed by atoms with E-state index >= 15 is 0 Å². The van der Waals surface area contributed by atoms with Gasteiger partial charge in [-0.1, -0.05) is 36.9 Å². The van der Waals surface area contributed by atoms with Gasteiger partial charge in [0.15, 0.2) is 5.17 Å². The first-order valence-corrected chi connectivity index (χ1v) is 12.6. The van der Waals surface area contributed by atoms with Gasteiger partial charge in [0, 0.05) is 16.5 Å². The molecule has 0 aliphatic carbocycles. The van der Waals surface area contributed by atoms with Crippen molar-refractivity contribution in [1.82, 2.24) is 15.5 Å². The second kappa shape index (κ2) is 10.3. The maximum Gasteiger partial charge on any atom is 0.271 e. The average Bonchev–Trinajstić information content (AvgIpc) is 3.44. The van der Waals surface area contributed by atoms with Crippen molar-refractivity contribution < 1.29 is 14.4 Å². The molecular formula is C23H25N5O3S2. The molecule has 0 bridgehead atoms. The van der Waals surface area contributed by atoms with Crippen molar-refractivity contribution in [2.24, 2.45) is 9.98 Å². The number of fused-ring (bicyclic) bond motifs is 3. The van der Waals surface area contributed by atoms with E-state index < -0.39 is 6.04 Å². The number of carbonyl (C=O) groups is 3. The third-order valence-electron chi connectivity index (χ3n) is 5.38. The lowest BCUT2D eigenvalue weighted by atomic mass is 10.1. The van der Waals surface area contributed by atoms with Crippen molar-refractivity contribution in [1.29, 1.82) is 0 Å². The van der Waals surface area contributed by atoms with Crippen LogP contribution < -0.4 is 10.6 Å². The van der Waals surface area contributed by atoms with Crippen LogP contribution >= 0.6 is 23.1 Å². The lowest BCUT2D eigenvalue weighted by molar-refractivity contribution is -0.126. The average molecular weight is 484 g/mol. The monoisotopic (exact) mass is 483 g/mol. The standard InChI is InChI=1S/C23H25N5O3S2/c1-3-14(2)25-20(30)13-33-23-26-17-9-5-4-8-16(17)21-27-22(31)18(28(21)23)11-19(29)24-12-15-7-6-10-32-15/h4-10,14,18H,3,11-13H2,1-2H3,(H,24,29)(H,25,30). The van der Waals surface area contributed by atoms with Gasteiger partial charge >= 0.3 is 0 Å². The zero-order chi connectivity index (χ0) is 23.4. The largest absolute Gasteiger partial charge is 0.353 e. The number of hydrogen-bond donors (Lipinski definition) is 2. The number of para-hydroxylation sites is 1. The molecule has 2 unspecified atom stereocenters. The van der Waals surface area contributed by atoms with Crippen LogP contribution in [-0.2, 0) is 20.9 Å². The van der Waals surface area contributed by atoms with Gasteiger partial charge in [0.05, 0.1) is 24.4 Å². The van der Waals surface area contributed by atoms with Gasteiger partial charge in [0.1, 0.15) is 11.9 Å². The number of hydrogen-bond acceptors (Lipinski definition) is 7. The highest BCUT2D eigenvalue weighted by Gasteiger charge is 2.42. The number of thiophene rings is 1. The van der Waals surface area contributed by atoms with Crippen LogP contribution in [0.2, 0.25) is 0 Å². The van der Waals surface area contributed by atoms with Crippen LogP contribution in [0.3, 0.4) is 0 Å². The van der Waals surface area contributed by atoms with Crippen molar-refractivity contribution in [2.45, 2.75) is 45.3 Å². The number of carbonyl (C=O) groups excluding carboxylic acids is 3. The van der Waals surface area contributed by atoms with Gasteiger partial charge in [0.2, 0.25) is 11.8 Å². The fraction of sp³-hybridized carbons (Fsp3) is 0.348. The lowest BCUT2D eigenvalue weighted by Crippen LogP contribution is -2.46. The summed E-state index contributed by atoms with van der Waals surface area (Å²) in [5, 5.41) is 8.25. The van der Waals surface area contributed by atoms with E-state index in [0.29, 0.717) is 23.2 Å². The molecule has 1 aromatic heterocycles. The molecule has 3 heterocycles. The normalized spacial score (nSPS) is 17.6. The molecule has 0 saturated heterocycles. The summed E-state index contributed by atoms with van der Waals surface area (Å²) in [6, 6.07) is 10.6. The van der Waals surface area contributed by atoms with Gasteiger partial charge in [-0.05, 0) is 36.9 Å². The van der Waals surface area contributed by atoms with E-state index in [0.717, 1.165) is 16.9 Å². The molecule has 2 aliphatic heterocycles. The van der Waals surface area contributed by atoms with E-state index in [2.05, 4.69) is 15.6 Å². The van der Waals surface area contributed by atoms with Crippen LogP contribution in [0, 0.1) is 0 Å². The Morgan fingerprint density at radius 1 is 1.18 bits per heavy atom. The fourth-order valence-electron chi connectivity index (χ4n) is 3.50. The summed E-state index contributed by atoms with van der Waals surface area (Å²) in [5.74, 6) is -0.0986. The van der Waals surface area contributed by atoms with Crippen molar-refractivity contribution in [3.63, 3.8) is 0 Å². The number of amides is 3. The second-order valence-corrected chi connectivity index (χ2v) is 9.77. The highest BCUT2D eigenvalue weighted by atomic mass is 32.2. The van der Waals surface area contributed by atoms with Gasteiger partial charge in [-0.15, -0.1) is 11.3 Å². The van der Waals surface area contributed by atoms with Crippen LogP contribution in [0.5, 0.6) is 0 Å². The Hall–Kier alpha value is -2.98. The summed E-state index contributed by atoms with van der Waals surface area (Å²) in [7, 11) is 0. The number of benzene rings is 1. The smallest absolute Gasteiger partial charge is 0.271 e. The zero-order valence-corrected chi connectivity index (χ0v) is 20.0. The molecule has 0 radical (unpaired) electrons. The molecular weight excluding hydrogens is 458 g/mol. The predicted molar refractivity (Wildman–Crippen MR) is 132 cm³/mol. The Labute approximate surface area is 200 Å². The van der Waals surface area contributed by atoms with Crippen LogP contribution in [0.4, 0.5) is 5.69 Å². The van der Waals surface area contributed by atoms with Crippen LogP contribution in [0.15, 0.2) is 51.8 Å². The third-order valence-corrected chi connectivity index (χ3v) is 7.21. The minimum Gasteiger partial charge on any atom is -0.353 e. The van der Waals surface area contributed by atoms with Gasteiger partial charge in [-0.2, -0.15) is 4.99 Å². The van der Waals surface area contributed by atoms with Crippen LogP contribution in [0.1, 0.15) is 37.1 Å². The van der Waals surface area contributed by atoms with Crippen molar-refractivity contribution in [3.8, 4) is 0 Å². The summed E-state index contributed by atoms with van der Waals surface area (Å²) in [6.07, 6.45) is 0.794. The number of nitrogens with zero attached hydrogens (tertiary/aromatic N) is 3. The molecule has 2 N–H and O–H groups in total. The highest BCUT2D eigenvalue weighted by molar-refractivity contribution is 8.14. The molecule has 0 saturated carbocycles. The second-order valence-electron chi connectivity index (χ2n) is 7.80. The first kappa shape index (κ1) is 23.2. The molecule has 0 fully saturated rings. The SMILES string of the molecule is CCC(C)NC(=O)CSC1=Nc2ccccc2C2=NC(=O)C(CC(=O)NCc3cccs3)N12. The Kier molecular flexibility index (Phi) is 7.24. The topological polar surface area (TPSA) is 103 Å². The lowest BCUT2D eigenvalue weighted by Gasteiger charge is -2.30. The zero-order valence-electron chi connectivity index (χ0n) is 18.4. The van der Waals surface area contributed by atoms with Gasteiger partial charge in [-0.25, -0.2) is 4.99 Å². The maximum absolute atomic E-state index is 12.8. The van der Waals surface area contributed by atoms with Gasteiger partial charge in [-0.3, -0.25) is 19.3 Å². The molecule has 33 heavy (non-hydrogen) atoms. The van der Waals surface area contributed by atoms with E-state index in [-0.39, 0.29) is 35.9 Å². The molecule has 4 rings (SSSR count). The van der Waals surface area contributed by atoms with Gasteiger partial charge < -0.3 is 10.6 Å². The van der Waals surface area contributed by atoms with Crippen molar-refractivity contribution in [3.05, 3.63) is 52.2 Å². The summed E-state index contributed by atoms with van der Waals surface area (Å²) in [4.78, 5) is 49.5. The first-order chi connectivity index (χ1) is 16.0. The molecule has 2 atom stereocenters. The van der Waals surface area contributed by atoms with Gasteiger partial charge in [0.25, 0.3) is 5.91 Å². The van der Waals surface area contributed by atoms with E-state index in [1.165, 1.54) is 11.8 Å². The van der Waals surface area contributed by atoms with Crippen LogP contribution in [0.25, 0.3) is 0 Å². The fourth-order valence-corrected chi connectivity index (χ4v) is 5.00. The summed E-state index contributed by atoms with van der Waals surface area (Å²) >= 11 is 2.80. The van der Waals surface area contributed by atoms with E-state index in [4.69, 9.17) is 4.99 Å². The van der Waals surface area contributed by atoms with E-state index in [1.807, 2.05) is 55.6 Å². The number of thioether (sulfide) groups is 1. The van der Waals surface area contributed by atoms with Crippen molar-refractivity contribution in [2.75, 3.05) is 5.75 Å². The third kappa shape index (κ3) is 5.33. The van der Waals surface area contributed by atoms with Crippen LogP contribution in [-0.4, -0.2) is 51.5 Å². The molecule has 2 aliphatic rings. The quantitative estimate of drug-likeness (QED) is 0.601. The summed E-state index contributed by atoms with van der Waals surface area (Å²) in [5.41, 5.74) is 1.42. The molecule has 2 aromatic rings. The molecule has 0 spiro atoms.